The highest BCUT2D eigenvalue weighted by atomic mass is 35.5. The third-order valence-corrected chi connectivity index (χ3v) is 6.66. The van der Waals surface area contributed by atoms with Crippen LogP contribution < -0.4 is 4.74 Å². The lowest BCUT2D eigenvalue weighted by Gasteiger charge is -2.13. The molecule has 36 heavy (non-hydrogen) atoms. The number of aromatic nitrogens is 3. The Labute approximate surface area is 212 Å². The molecule has 0 radical (unpaired) electrons. The molecule has 1 fully saturated rings. The van der Waals surface area contributed by atoms with E-state index in [0.717, 1.165) is 16.7 Å². The van der Waals surface area contributed by atoms with Crippen LogP contribution in [0.15, 0.2) is 59.0 Å². The predicted octanol–water partition coefficient (Wildman–Crippen LogP) is 4.78. The molecule has 2 aromatic carbocycles. The van der Waals surface area contributed by atoms with Gasteiger partial charge in [0.25, 0.3) is 6.01 Å². The summed E-state index contributed by atoms with van der Waals surface area (Å²) in [5.74, 6) is 0. The summed E-state index contributed by atoms with van der Waals surface area (Å²) in [5.41, 5.74) is 4.95. The number of benzene rings is 2. The first-order valence-corrected chi connectivity index (χ1v) is 13.9. The summed E-state index contributed by atoms with van der Waals surface area (Å²) < 4.78 is 41.2. The first-order valence-electron chi connectivity index (χ1n) is 11.2. The van der Waals surface area contributed by atoms with Gasteiger partial charge in [0.15, 0.2) is 17.9 Å². The third-order valence-electron chi connectivity index (χ3n) is 5.72. The van der Waals surface area contributed by atoms with Gasteiger partial charge in [0.2, 0.25) is 0 Å². The summed E-state index contributed by atoms with van der Waals surface area (Å²) in [6, 6.07) is 17.1. The molecule has 188 valence electrons. The van der Waals surface area contributed by atoms with Gasteiger partial charge in [0.1, 0.15) is 6.10 Å². The van der Waals surface area contributed by atoms with Crippen molar-refractivity contribution in [3.05, 3.63) is 59.6 Å². The Morgan fingerprint density at radius 3 is 2.39 bits per heavy atom. The largest absolute Gasteiger partial charge is 0.456 e. The van der Waals surface area contributed by atoms with Crippen molar-refractivity contribution < 1.29 is 23.2 Å². The van der Waals surface area contributed by atoms with E-state index in [1.165, 1.54) is 0 Å². The van der Waals surface area contributed by atoms with Crippen molar-refractivity contribution in [2.45, 2.75) is 18.4 Å². The molecule has 3 heterocycles. The van der Waals surface area contributed by atoms with Gasteiger partial charge >= 0.3 is 0 Å². The molecule has 1 saturated heterocycles. The number of halogens is 2. The number of aliphatic hydroxyl groups excluding tert-OH is 1. The van der Waals surface area contributed by atoms with Crippen molar-refractivity contribution in [1.82, 2.24) is 15.0 Å². The van der Waals surface area contributed by atoms with Crippen molar-refractivity contribution in [1.29, 1.82) is 0 Å². The number of nitrogens with one attached hydrogen (secondary N) is 1. The number of fused-ring (bicyclic) bond motifs is 1. The Balaban J connectivity index is 1.36. The number of nitrogens with zero attached hydrogens (tertiary/aromatic N) is 3. The lowest BCUT2D eigenvalue weighted by atomic mass is 10.0. The van der Waals surface area contributed by atoms with E-state index in [2.05, 4.69) is 19.3 Å². The number of ether oxygens (including phenoxy) is 2. The van der Waals surface area contributed by atoms with Crippen molar-refractivity contribution in [2.24, 2.45) is 4.36 Å². The number of imidazole rings is 1. The molecule has 0 bridgehead atoms. The summed E-state index contributed by atoms with van der Waals surface area (Å²) in [7, 11) is -2.21. The molecule has 2 aromatic heterocycles. The number of aliphatic hydroxyl groups is 1. The van der Waals surface area contributed by atoms with Crippen LogP contribution in [-0.2, 0) is 14.5 Å². The summed E-state index contributed by atoms with van der Waals surface area (Å²) in [6.07, 6.45) is -0.0330. The molecule has 0 aliphatic carbocycles. The summed E-state index contributed by atoms with van der Waals surface area (Å²) >= 11 is 6.51. The average molecular weight is 531 g/mol. The number of alkyl halides is 1. The third kappa shape index (κ3) is 5.22. The molecule has 2 N–H and O–H groups in total. The van der Waals surface area contributed by atoms with E-state index in [-0.39, 0.29) is 12.6 Å². The van der Waals surface area contributed by atoms with E-state index in [1.807, 2.05) is 48.5 Å². The van der Waals surface area contributed by atoms with Gasteiger partial charge in [-0.25, -0.2) is 13.6 Å². The zero-order chi connectivity index (χ0) is 25.4. The number of H-pyrrole nitrogens is 1. The smallest absolute Gasteiger partial charge is 0.296 e. The number of aromatic amines is 1. The SMILES string of the molecule is CS(C)(=O)=Nc1ccc(-c2ccc(-c3nc4nc(O[C@@H]5CO[C@H](CO)[C@H]5F)[nH]c4cc3Cl)cc2)cc1. The first kappa shape index (κ1) is 24.6. The van der Waals surface area contributed by atoms with Gasteiger partial charge in [-0.05, 0) is 29.3 Å². The summed E-state index contributed by atoms with van der Waals surface area (Å²) in [4.78, 5) is 11.9. The molecular weight excluding hydrogens is 507 g/mol. The van der Waals surface area contributed by atoms with Crippen LogP contribution in [0, 0.1) is 0 Å². The summed E-state index contributed by atoms with van der Waals surface area (Å²) in [5, 5.41) is 9.57. The zero-order valence-electron chi connectivity index (χ0n) is 19.5. The van der Waals surface area contributed by atoms with Crippen LogP contribution in [-0.4, -0.2) is 68.4 Å². The Morgan fingerprint density at radius 2 is 1.78 bits per heavy atom. The second-order valence-corrected chi connectivity index (χ2v) is 11.7. The topological polar surface area (TPSA) is 110 Å². The first-order chi connectivity index (χ1) is 17.2. The Kier molecular flexibility index (Phi) is 6.69. The highest BCUT2D eigenvalue weighted by Crippen LogP contribution is 2.32. The van der Waals surface area contributed by atoms with Crippen LogP contribution in [0.1, 0.15) is 0 Å². The maximum Gasteiger partial charge on any atom is 0.296 e. The molecule has 0 saturated carbocycles. The molecule has 0 unspecified atom stereocenters. The van der Waals surface area contributed by atoms with E-state index in [0.29, 0.717) is 27.6 Å². The van der Waals surface area contributed by atoms with Crippen molar-refractivity contribution in [3.63, 3.8) is 0 Å². The van der Waals surface area contributed by atoms with Crippen LogP contribution in [0.2, 0.25) is 5.02 Å². The molecule has 0 amide bonds. The van der Waals surface area contributed by atoms with Crippen LogP contribution in [0.5, 0.6) is 6.01 Å². The predicted molar refractivity (Wildman–Crippen MR) is 138 cm³/mol. The van der Waals surface area contributed by atoms with E-state index < -0.39 is 34.7 Å². The molecule has 11 heteroatoms. The van der Waals surface area contributed by atoms with E-state index in [4.69, 9.17) is 26.2 Å². The number of pyridine rings is 1. The van der Waals surface area contributed by atoms with Gasteiger partial charge < -0.3 is 19.6 Å². The van der Waals surface area contributed by atoms with E-state index >= 15 is 0 Å². The standard InChI is InChI=1S/C25H24ClFN4O4S/c1-36(2,33)31-17-9-7-15(8-10-17)14-3-5-16(6-4-14)23-18(26)11-19-24(29-23)30-25(28-19)35-21-13-34-20(12-32)22(21)27/h3-11,20-22,32H,12-13H2,1-2H3,(H,28,29,30)/t20-,21-,22-/m1/s1. The quantitative estimate of drug-likeness (QED) is 0.371. The second kappa shape index (κ2) is 9.78. The van der Waals surface area contributed by atoms with Crippen molar-refractivity contribution in [3.8, 4) is 28.4 Å². The molecule has 5 rings (SSSR count). The monoisotopic (exact) mass is 530 g/mol. The van der Waals surface area contributed by atoms with Gasteiger partial charge in [-0.2, -0.15) is 9.35 Å². The molecule has 0 spiro atoms. The van der Waals surface area contributed by atoms with Gasteiger partial charge in [-0.1, -0.05) is 48.0 Å². The molecule has 1 aliphatic rings. The minimum Gasteiger partial charge on any atom is -0.456 e. The molecule has 3 atom stereocenters. The highest BCUT2D eigenvalue weighted by molar-refractivity contribution is 7.92. The fourth-order valence-electron chi connectivity index (χ4n) is 3.98. The van der Waals surface area contributed by atoms with Gasteiger partial charge in [-0.3, -0.25) is 0 Å². The molecule has 8 nitrogen and oxygen atoms in total. The summed E-state index contributed by atoms with van der Waals surface area (Å²) in [6.45, 7) is -0.396. The van der Waals surface area contributed by atoms with E-state index in [9.17, 15) is 8.60 Å². The molecular formula is C25H24ClFN4O4S. The van der Waals surface area contributed by atoms with Gasteiger partial charge in [0.05, 0.1) is 35.1 Å². The van der Waals surface area contributed by atoms with Crippen LogP contribution in [0.25, 0.3) is 33.5 Å². The number of rotatable bonds is 6. The van der Waals surface area contributed by atoms with Crippen molar-refractivity contribution in [2.75, 3.05) is 25.7 Å². The minimum atomic E-state index is -2.21. The maximum atomic E-state index is 14.3. The Bertz CT molecular complexity index is 1510. The van der Waals surface area contributed by atoms with Crippen LogP contribution >= 0.6 is 11.6 Å². The van der Waals surface area contributed by atoms with Gasteiger partial charge in [-0.15, -0.1) is 0 Å². The van der Waals surface area contributed by atoms with Gasteiger partial charge in [0, 0.05) is 27.8 Å². The lowest BCUT2D eigenvalue weighted by molar-refractivity contribution is 0.0302. The highest BCUT2D eigenvalue weighted by Gasteiger charge is 2.39. The lowest BCUT2D eigenvalue weighted by Crippen LogP contribution is -2.32. The van der Waals surface area contributed by atoms with Crippen LogP contribution in [0.4, 0.5) is 10.1 Å². The fourth-order valence-corrected chi connectivity index (χ4v) is 4.87. The number of hydrogen-bond donors (Lipinski definition) is 2. The van der Waals surface area contributed by atoms with Crippen molar-refractivity contribution >= 4 is 38.2 Å². The fraction of sp³-hybridized carbons (Fsp3) is 0.280. The number of hydrogen-bond acceptors (Lipinski definition) is 7. The van der Waals surface area contributed by atoms with E-state index in [1.54, 1.807) is 18.6 Å². The zero-order valence-corrected chi connectivity index (χ0v) is 21.1. The normalized spacial score (nSPS) is 20.1. The average Bonchev–Trinajstić information content (AvgIpc) is 3.40. The Morgan fingerprint density at radius 1 is 1.14 bits per heavy atom. The minimum absolute atomic E-state index is 0.0182. The van der Waals surface area contributed by atoms with Crippen LogP contribution in [0.3, 0.4) is 0 Å². The Hall–Kier alpha value is -3.05. The second-order valence-electron chi connectivity index (χ2n) is 8.78. The molecule has 4 aromatic rings. The maximum absolute atomic E-state index is 14.3. The molecule has 1 aliphatic heterocycles.